The van der Waals surface area contributed by atoms with Crippen LogP contribution in [0.3, 0.4) is 0 Å². The molecular formula is C17H17ClN4O2. The van der Waals surface area contributed by atoms with Crippen LogP contribution >= 0.6 is 11.6 Å². The molecule has 1 amide bonds. The highest BCUT2D eigenvalue weighted by atomic mass is 35.5. The number of fused-ring (bicyclic) bond motifs is 1. The Bertz CT molecular complexity index is 930. The topological polar surface area (TPSA) is 59.6 Å². The van der Waals surface area contributed by atoms with E-state index in [0.29, 0.717) is 10.7 Å². The minimum absolute atomic E-state index is 0.102. The zero-order valence-corrected chi connectivity index (χ0v) is 14.1. The molecule has 24 heavy (non-hydrogen) atoms. The summed E-state index contributed by atoms with van der Waals surface area (Å²) in [5, 5.41) is 4.83. The van der Waals surface area contributed by atoms with Crippen LogP contribution in [0.1, 0.15) is 18.5 Å². The number of hydrogen-bond acceptors (Lipinski definition) is 3. The van der Waals surface area contributed by atoms with Gasteiger partial charge in [0.15, 0.2) is 5.65 Å². The summed E-state index contributed by atoms with van der Waals surface area (Å²) in [7, 11) is 1.71. The van der Waals surface area contributed by atoms with Crippen molar-refractivity contribution in [1.82, 2.24) is 19.1 Å². The maximum Gasteiger partial charge on any atom is 0.350 e. The molecule has 0 aliphatic heterocycles. The second-order valence-corrected chi connectivity index (χ2v) is 6.04. The molecule has 7 heteroatoms. The van der Waals surface area contributed by atoms with Gasteiger partial charge >= 0.3 is 5.69 Å². The highest BCUT2D eigenvalue weighted by Gasteiger charge is 2.19. The van der Waals surface area contributed by atoms with E-state index in [2.05, 4.69) is 5.10 Å². The first-order valence-corrected chi connectivity index (χ1v) is 7.90. The Balaban J connectivity index is 1.79. The molecule has 0 bridgehead atoms. The number of amides is 1. The number of halogens is 1. The van der Waals surface area contributed by atoms with Crippen molar-refractivity contribution in [3.8, 4) is 0 Å². The van der Waals surface area contributed by atoms with E-state index in [4.69, 9.17) is 11.6 Å². The number of hydrogen-bond donors (Lipinski definition) is 0. The predicted molar refractivity (Wildman–Crippen MR) is 92.1 cm³/mol. The highest BCUT2D eigenvalue weighted by molar-refractivity contribution is 6.30. The molecule has 0 spiro atoms. The molecule has 1 aromatic carbocycles. The van der Waals surface area contributed by atoms with E-state index in [1.165, 1.54) is 9.08 Å². The van der Waals surface area contributed by atoms with Crippen molar-refractivity contribution in [2.45, 2.75) is 19.5 Å². The summed E-state index contributed by atoms with van der Waals surface area (Å²) >= 11 is 5.89. The molecule has 2 aromatic heterocycles. The summed E-state index contributed by atoms with van der Waals surface area (Å²) in [6.07, 6.45) is 1.63. The summed E-state index contributed by atoms with van der Waals surface area (Å²) in [4.78, 5) is 26.4. The molecule has 0 aliphatic carbocycles. The van der Waals surface area contributed by atoms with Crippen molar-refractivity contribution in [3.63, 3.8) is 0 Å². The van der Waals surface area contributed by atoms with Gasteiger partial charge < -0.3 is 4.90 Å². The second-order valence-electron chi connectivity index (χ2n) is 5.60. The monoisotopic (exact) mass is 344 g/mol. The molecule has 6 nitrogen and oxygen atoms in total. The van der Waals surface area contributed by atoms with Crippen molar-refractivity contribution >= 4 is 23.2 Å². The third-order valence-corrected chi connectivity index (χ3v) is 4.35. The zero-order valence-electron chi connectivity index (χ0n) is 13.4. The van der Waals surface area contributed by atoms with E-state index < -0.39 is 0 Å². The van der Waals surface area contributed by atoms with Crippen LogP contribution in [0.4, 0.5) is 0 Å². The van der Waals surface area contributed by atoms with Gasteiger partial charge in [-0.2, -0.15) is 0 Å². The minimum atomic E-state index is -0.327. The van der Waals surface area contributed by atoms with Crippen LogP contribution in [0, 0.1) is 0 Å². The number of carbonyl (C=O) groups excluding carboxylic acids is 1. The molecule has 2 heterocycles. The van der Waals surface area contributed by atoms with Crippen LogP contribution in [0.15, 0.2) is 53.5 Å². The Labute approximate surface area is 143 Å². The van der Waals surface area contributed by atoms with E-state index in [0.717, 1.165) is 5.56 Å². The molecule has 0 saturated carbocycles. The second kappa shape index (κ2) is 6.49. The summed E-state index contributed by atoms with van der Waals surface area (Å²) in [6.45, 7) is 1.82. The lowest BCUT2D eigenvalue weighted by atomic mass is 10.1. The molecule has 124 valence electrons. The van der Waals surface area contributed by atoms with Crippen LogP contribution in [0.25, 0.3) is 5.65 Å². The number of likely N-dealkylation sites (N-methyl/N-ethyl adjacent to an activating group) is 1. The Morgan fingerprint density at radius 1 is 1.25 bits per heavy atom. The first-order valence-electron chi connectivity index (χ1n) is 7.52. The van der Waals surface area contributed by atoms with Crippen LogP contribution in [-0.4, -0.2) is 32.0 Å². The third-order valence-electron chi connectivity index (χ3n) is 4.10. The van der Waals surface area contributed by atoms with Gasteiger partial charge in [-0.15, -0.1) is 5.10 Å². The van der Waals surface area contributed by atoms with Crippen molar-refractivity contribution in [1.29, 1.82) is 0 Å². The van der Waals surface area contributed by atoms with Crippen molar-refractivity contribution in [2.75, 3.05) is 7.05 Å². The molecule has 0 fully saturated rings. The smallest absolute Gasteiger partial charge is 0.337 e. The third kappa shape index (κ3) is 3.05. The van der Waals surface area contributed by atoms with Crippen molar-refractivity contribution < 1.29 is 4.79 Å². The van der Waals surface area contributed by atoms with Crippen LogP contribution in [0.5, 0.6) is 0 Å². The van der Waals surface area contributed by atoms with E-state index in [9.17, 15) is 9.59 Å². The lowest BCUT2D eigenvalue weighted by molar-refractivity contribution is -0.132. The average Bonchev–Trinajstić information content (AvgIpc) is 2.90. The molecular weight excluding hydrogens is 328 g/mol. The lowest BCUT2D eigenvalue weighted by Crippen LogP contribution is -2.35. The highest BCUT2D eigenvalue weighted by Crippen LogP contribution is 2.21. The molecule has 1 unspecified atom stereocenters. The van der Waals surface area contributed by atoms with E-state index in [-0.39, 0.29) is 24.2 Å². The average molecular weight is 345 g/mol. The SMILES string of the molecule is CC(c1ccc(Cl)cc1)N(C)C(=O)Cn1nc2ccccn2c1=O. The van der Waals surface area contributed by atoms with Gasteiger partial charge in [-0.05, 0) is 36.8 Å². The number of nitrogens with zero attached hydrogens (tertiary/aromatic N) is 4. The Morgan fingerprint density at radius 3 is 2.62 bits per heavy atom. The number of carbonyl (C=O) groups is 1. The number of rotatable bonds is 4. The van der Waals surface area contributed by atoms with Gasteiger partial charge in [0.1, 0.15) is 6.54 Å². The molecule has 0 N–H and O–H groups in total. The van der Waals surface area contributed by atoms with Gasteiger partial charge in [-0.3, -0.25) is 9.20 Å². The first kappa shape index (κ1) is 16.3. The van der Waals surface area contributed by atoms with E-state index in [1.54, 1.807) is 48.5 Å². The standard InChI is InChI=1S/C17H17ClN4O2/c1-12(13-6-8-14(18)9-7-13)20(2)16(23)11-22-17(24)21-10-4-3-5-15(21)19-22/h3-10,12H,11H2,1-2H3. The molecule has 3 rings (SSSR count). The Morgan fingerprint density at radius 2 is 1.96 bits per heavy atom. The van der Waals surface area contributed by atoms with E-state index in [1.807, 2.05) is 19.1 Å². The Hall–Kier alpha value is -2.60. The van der Waals surface area contributed by atoms with Crippen LogP contribution < -0.4 is 5.69 Å². The van der Waals surface area contributed by atoms with Gasteiger partial charge in [0.2, 0.25) is 5.91 Å². The van der Waals surface area contributed by atoms with Crippen molar-refractivity contribution in [2.24, 2.45) is 0 Å². The van der Waals surface area contributed by atoms with Crippen molar-refractivity contribution in [3.05, 3.63) is 69.7 Å². The zero-order chi connectivity index (χ0) is 17.3. The van der Waals surface area contributed by atoms with Gasteiger partial charge in [0.25, 0.3) is 0 Å². The van der Waals surface area contributed by atoms with Gasteiger partial charge in [-0.25, -0.2) is 9.48 Å². The summed E-state index contributed by atoms with van der Waals surface area (Å²) in [5.41, 5.74) is 1.16. The Kier molecular flexibility index (Phi) is 4.40. The molecule has 0 radical (unpaired) electrons. The normalized spacial score (nSPS) is 12.3. The van der Waals surface area contributed by atoms with Crippen LogP contribution in [-0.2, 0) is 11.3 Å². The summed E-state index contributed by atoms with van der Waals surface area (Å²) in [5.74, 6) is -0.192. The molecule has 0 saturated heterocycles. The fourth-order valence-corrected chi connectivity index (χ4v) is 2.62. The lowest BCUT2D eigenvalue weighted by Gasteiger charge is -2.25. The number of aromatic nitrogens is 3. The first-order chi connectivity index (χ1) is 11.5. The number of pyridine rings is 1. The minimum Gasteiger partial charge on any atom is -0.337 e. The number of benzene rings is 1. The van der Waals surface area contributed by atoms with Gasteiger partial charge in [0, 0.05) is 18.3 Å². The maximum atomic E-state index is 12.5. The van der Waals surface area contributed by atoms with E-state index >= 15 is 0 Å². The predicted octanol–water partition coefficient (Wildman–Crippen LogP) is 2.37. The molecule has 0 aliphatic rings. The summed E-state index contributed by atoms with van der Waals surface area (Å²) in [6, 6.07) is 12.5. The fourth-order valence-electron chi connectivity index (χ4n) is 2.49. The summed E-state index contributed by atoms with van der Waals surface area (Å²) < 4.78 is 2.60. The molecule has 1 atom stereocenters. The molecule has 3 aromatic rings. The fraction of sp³-hybridized carbons (Fsp3) is 0.235. The largest absolute Gasteiger partial charge is 0.350 e. The van der Waals surface area contributed by atoms with Crippen LogP contribution in [0.2, 0.25) is 5.02 Å². The maximum absolute atomic E-state index is 12.5. The van der Waals surface area contributed by atoms with Gasteiger partial charge in [0.05, 0.1) is 6.04 Å². The quantitative estimate of drug-likeness (QED) is 0.730. The van der Waals surface area contributed by atoms with Gasteiger partial charge in [-0.1, -0.05) is 29.8 Å².